The van der Waals surface area contributed by atoms with Gasteiger partial charge in [0.25, 0.3) is 0 Å². The standard InChI is InChI=1S/C14H18ClFN2O3/c1-4-18(14(2,3)13(20)21)8-12(19)17-11-6-5-9(15)7-10(11)16/h5-7H,4,8H2,1-3H3,(H,17,19)(H,20,21). The summed E-state index contributed by atoms with van der Waals surface area (Å²) in [5, 5.41) is 11.8. The Hall–Kier alpha value is -1.66. The number of likely N-dealkylation sites (N-methyl/N-ethyl adjacent to an activating group) is 1. The molecule has 1 rings (SSSR count). The summed E-state index contributed by atoms with van der Waals surface area (Å²) in [6, 6.07) is 3.91. The lowest BCUT2D eigenvalue weighted by molar-refractivity contribution is -0.149. The molecule has 1 aromatic carbocycles. The van der Waals surface area contributed by atoms with Crippen molar-refractivity contribution in [1.29, 1.82) is 0 Å². The number of carboxylic acid groups (broad SMARTS) is 1. The molecule has 1 aromatic rings. The molecule has 0 heterocycles. The number of aliphatic carboxylic acids is 1. The maximum atomic E-state index is 13.6. The van der Waals surface area contributed by atoms with Crippen LogP contribution in [0.2, 0.25) is 5.02 Å². The molecule has 0 bridgehead atoms. The summed E-state index contributed by atoms with van der Waals surface area (Å²) in [4.78, 5) is 24.6. The van der Waals surface area contributed by atoms with Gasteiger partial charge in [0.05, 0.1) is 12.2 Å². The van der Waals surface area contributed by atoms with Crippen LogP contribution in [-0.2, 0) is 9.59 Å². The van der Waals surface area contributed by atoms with E-state index < -0.39 is 23.2 Å². The molecular formula is C14H18ClFN2O3. The van der Waals surface area contributed by atoms with Gasteiger partial charge in [0.2, 0.25) is 5.91 Å². The van der Waals surface area contributed by atoms with Crippen LogP contribution in [0.25, 0.3) is 0 Å². The second-order valence-corrected chi connectivity index (χ2v) is 5.49. The SMILES string of the molecule is CCN(CC(=O)Nc1ccc(Cl)cc1F)C(C)(C)C(=O)O. The molecule has 0 saturated carbocycles. The van der Waals surface area contributed by atoms with Gasteiger partial charge in [-0.25, -0.2) is 4.39 Å². The molecular weight excluding hydrogens is 299 g/mol. The molecule has 0 unspecified atom stereocenters. The quantitative estimate of drug-likeness (QED) is 0.846. The number of carboxylic acids is 1. The van der Waals surface area contributed by atoms with Crippen molar-refractivity contribution >= 4 is 29.2 Å². The minimum Gasteiger partial charge on any atom is -0.480 e. The van der Waals surface area contributed by atoms with Crippen LogP contribution in [0.4, 0.5) is 10.1 Å². The van der Waals surface area contributed by atoms with Gasteiger partial charge < -0.3 is 10.4 Å². The molecule has 0 saturated heterocycles. The molecule has 0 aromatic heterocycles. The lowest BCUT2D eigenvalue weighted by Gasteiger charge is -2.33. The first kappa shape index (κ1) is 17.4. The van der Waals surface area contributed by atoms with Gasteiger partial charge >= 0.3 is 5.97 Å². The molecule has 7 heteroatoms. The van der Waals surface area contributed by atoms with Gasteiger partial charge in [-0.1, -0.05) is 18.5 Å². The van der Waals surface area contributed by atoms with Crippen LogP contribution in [0.15, 0.2) is 18.2 Å². The smallest absolute Gasteiger partial charge is 0.323 e. The van der Waals surface area contributed by atoms with Crippen molar-refractivity contribution in [2.45, 2.75) is 26.3 Å². The summed E-state index contributed by atoms with van der Waals surface area (Å²) < 4.78 is 13.6. The van der Waals surface area contributed by atoms with Crippen molar-refractivity contribution in [3.8, 4) is 0 Å². The number of amides is 1. The molecule has 0 fully saturated rings. The molecule has 0 atom stereocenters. The third-order valence-corrected chi connectivity index (χ3v) is 3.47. The van der Waals surface area contributed by atoms with E-state index in [9.17, 15) is 19.1 Å². The van der Waals surface area contributed by atoms with Gasteiger partial charge in [0.1, 0.15) is 11.4 Å². The average Bonchev–Trinajstić information content (AvgIpc) is 2.38. The molecule has 5 nitrogen and oxygen atoms in total. The number of nitrogens with zero attached hydrogens (tertiary/aromatic N) is 1. The monoisotopic (exact) mass is 316 g/mol. The highest BCUT2D eigenvalue weighted by atomic mass is 35.5. The Balaban J connectivity index is 2.78. The Labute approximate surface area is 127 Å². The van der Waals surface area contributed by atoms with Crippen LogP contribution >= 0.6 is 11.6 Å². The van der Waals surface area contributed by atoms with Crippen LogP contribution in [0.1, 0.15) is 20.8 Å². The number of benzene rings is 1. The summed E-state index contributed by atoms with van der Waals surface area (Å²) >= 11 is 5.63. The number of anilines is 1. The summed E-state index contributed by atoms with van der Waals surface area (Å²) in [5.74, 6) is -2.17. The van der Waals surface area contributed by atoms with E-state index in [-0.39, 0.29) is 17.3 Å². The maximum Gasteiger partial charge on any atom is 0.323 e. The molecule has 0 aliphatic carbocycles. The number of carbonyl (C=O) groups is 2. The number of hydrogen-bond donors (Lipinski definition) is 2. The largest absolute Gasteiger partial charge is 0.480 e. The van der Waals surface area contributed by atoms with Gasteiger partial charge in [-0.2, -0.15) is 0 Å². The van der Waals surface area contributed by atoms with E-state index >= 15 is 0 Å². The van der Waals surface area contributed by atoms with Crippen molar-refractivity contribution in [2.24, 2.45) is 0 Å². The van der Waals surface area contributed by atoms with Gasteiger partial charge in [-0.15, -0.1) is 0 Å². The van der Waals surface area contributed by atoms with Gasteiger partial charge in [-0.05, 0) is 38.6 Å². The lowest BCUT2D eigenvalue weighted by Crippen LogP contribution is -2.52. The van der Waals surface area contributed by atoms with Crippen LogP contribution in [0, 0.1) is 5.82 Å². The van der Waals surface area contributed by atoms with Crippen molar-refractivity contribution in [3.63, 3.8) is 0 Å². The molecule has 0 spiro atoms. The first-order valence-electron chi connectivity index (χ1n) is 6.41. The zero-order valence-electron chi connectivity index (χ0n) is 12.1. The average molecular weight is 317 g/mol. The molecule has 2 N–H and O–H groups in total. The van der Waals surface area contributed by atoms with E-state index in [4.69, 9.17) is 11.6 Å². The Morgan fingerprint density at radius 2 is 2.05 bits per heavy atom. The summed E-state index contributed by atoms with van der Waals surface area (Å²) in [7, 11) is 0. The zero-order valence-corrected chi connectivity index (χ0v) is 12.9. The second-order valence-electron chi connectivity index (χ2n) is 5.05. The number of carbonyl (C=O) groups excluding carboxylic acids is 1. The molecule has 21 heavy (non-hydrogen) atoms. The number of hydrogen-bond acceptors (Lipinski definition) is 3. The van der Waals surface area contributed by atoms with Crippen molar-refractivity contribution in [3.05, 3.63) is 29.0 Å². The normalized spacial score (nSPS) is 11.5. The summed E-state index contributed by atoms with van der Waals surface area (Å²) in [6.45, 7) is 4.98. The zero-order chi connectivity index (χ0) is 16.2. The van der Waals surface area contributed by atoms with Crippen molar-refractivity contribution in [2.75, 3.05) is 18.4 Å². The predicted octanol–water partition coefficient (Wildman–Crippen LogP) is 2.60. The van der Waals surface area contributed by atoms with E-state index in [1.54, 1.807) is 6.92 Å². The Morgan fingerprint density at radius 3 is 2.52 bits per heavy atom. The fourth-order valence-corrected chi connectivity index (χ4v) is 1.95. The van der Waals surface area contributed by atoms with E-state index in [2.05, 4.69) is 5.32 Å². The minimum absolute atomic E-state index is 0.00795. The summed E-state index contributed by atoms with van der Waals surface area (Å²) in [5.41, 5.74) is -1.18. The Bertz CT molecular complexity index is 549. The first-order valence-corrected chi connectivity index (χ1v) is 6.79. The molecule has 0 aliphatic rings. The van der Waals surface area contributed by atoms with E-state index in [0.717, 1.165) is 6.07 Å². The fraction of sp³-hybridized carbons (Fsp3) is 0.429. The molecule has 0 aliphatic heterocycles. The number of nitrogens with one attached hydrogen (secondary N) is 1. The van der Waals surface area contributed by atoms with Crippen molar-refractivity contribution in [1.82, 2.24) is 4.90 Å². The fourth-order valence-electron chi connectivity index (χ4n) is 1.79. The highest BCUT2D eigenvalue weighted by Gasteiger charge is 2.34. The van der Waals surface area contributed by atoms with Crippen molar-refractivity contribution < 1.29 is 19.1 Å². The molecule has 116 valence electrons. The van der Waals surface area contributed by atoms with E-state index in [1.807, 2.05) is 0 Å². The van der Waals surface area contributed by atoms with Gasteiger partial charge in [-0.3, -0.25) is 14.5 Å². The highest BCUT2D eigenvalue weighted by molar-refractivity contribution is 6.30. The van der Waals surface area contributed by atoms with Crippen LogP contribution in [0.3, 0.4) is 0 Å². The summed E-state index contributed by atoms with van der Waals surface area (Å²) in [6.07, 6.45) is 0. The molecule has 0 radical (unpaired) electrons. The number of halogens is 2. The minimum atomic E-state index is -1.19. The van der Waals surface area contributed by atoms with Crippen LogP contribution < -0.4 is 5.32 Å². The van der Waals surface area contributed by atoms with Gasteiger partial charge in [0, 0.05) is 5.02 Å². The van der Waals surface area contributed by atoms with Crippen LogP contribution in [0.5, 0.6) is 0 Å². The van der Waals surface area contributed by atoms with E-state index in [0.29, 0.717) is 6.54 Å². The third kappa shape index (κ3) is 4.41. The second kappa shape index (κ2) is 6.87. The lowest BCUT2D eigenvalue weighted by atomic mass is 10.0. The van der Waals surface area contributed by atoms with Crippen LogP contribution in [-0.4, -0.2) is 40.5 Å². The van der Waals surface area contributed by atoms with Gasteiger partial charge in [0.15, 0.2) is 0 Å². The predicted molar refractivity (Wildman–Crippen MR) is 79.0 cm³/mol. The molecule has 1 amide bonds. The van der Waals surface area contributed by atoms with E-state index in [1.165, 1.54) is 30.9 Å². The Morgan fingerprint density at radius 1 is 1.43 bits per heavy atom. The topological polar surface area (TPSA) is 69.6 Å². The maximum absolute atomic E-state index is 13.6. The highest BCUT2D eigenvalue weighted by Crippen LogP contribution is 2.19. The Kier molecular flexibility index (Phi) is 5.69. The third-order valence-electron chi connectivity index (χ3n) is 3.24. The number of rotatable bonds is 6. The first-order chi connectivity index (χ1) is 9.68.